The minimum atomic E-state index is 0.786. The van der Waals surface area contributed by atoms with E-state index in [-0.39, 0.29) is 0 Å². The Morgan fingerprint density at radius 2 is 0.889 bits per heavy atom. The van der Waals surface area contributed by atoms with Crippen LogP contribution in [0.3, 0.4) is 0 Å². The first-order valence-electron chi connectivity index (χ1n) is 13.6. The van der Waals surface area contributed by atoms with E-state index in [0.717, 1.165) is 48.7 Å². The first kappa shape index (κ1) is 25.6. The third kappa shape index (κ3) is 7.53. The van der Waals surface area contributed by atoms with E-state index in [9.17, 15) is 0 Å². The van der Waals surface area contributed by atoms with Crippen molar-refractivity contribution in [1.29, 1.82) is 0 Å². The van der Waals surface area contributed by atoms with Crippen molar-refractivity contribution in [3.8, 4) is 23.3 Å². The lowest BCUT2D eigenvalue weighted by Crippen LogP contribution is -1.97. The SMILES string of the molecule is CCCCCCOc1ccc2cc(C#Cc3ccc4cc(OCCCCCC)ccc4c3)ccc2c1. The molecule has 0 atom stereocenters. The zero-order chi connectivity index (χ0) is 25.0. The van der Waals surface area contributed by atoms with Crippen LogP contribution in [0.5, 0.6) is 11.5 Å². The highest BCUT2D eigenvalue weighted by Crippen LogP contribution is 2.24. The van der Waals surface area contributed by atoms with Gasteiger partial charge >= 0.3 is 0 Å². The van der Waals surface area contributed by atoms with Crippen molar-refractivity contribution < 1.29 is 9.47 Å². The summed E-state index contributed by atoms with van der Waals surface area (Å²) in [5, 5.41) is 4.73. The fourth-order valence-electron chi connectivity index (χ4n) is 4.36. The maximum atomic E-state index is 5.94. The molecule has 0 aliphatic heterocycles. The predicted octanol–water partition coefficient (Wildman–Crippen LogP) is 9.31. The number of hydrogen-bond donors (Lipinski definition) is 0. The molecule has 2 nitrogen and oxygen atoms in total. The van der Waals surface area contributed by atoms with Gasteiger partial charge in [0.2, 0.25) is 0 Å². The highest BCUT2D eigenvalue weighted by molar-refractivity contribution is 5.86. The lowest BCUT2D eigenvalue weighted by Gasteiger charge is -2.07. The van der Waals surface area contributed by atoms with E-state index in [1.165, 1.54) is 60.1 Å². The molecule has 186 valence electrons. The lowest BCUT2D eigenvalue weighted by atomic mass is 10.0. The zero-order valence-corrected chi connectivity index (χ0v) is 21.8. The number of benzene rings is 4. The molecule has 0 heterocycles. The van der Waals surface area contributed by atoms with E-state index >= 15 is 0 Å². The Balaban J connectivity index is 1.38. The average Bonchev–Trinajstić information content (AvgIpc) is 2.91. The Morgan fingerprint density at radius 1 is 0.472 bits per heavy atom. The molecule has 0 spiro atoms. The van der Waals surface area contributed by atoms with Gasteiger partial charge in [-0.1, -0.05) is 88.5 Å². The molecule has 4 rings (SSSR count). The Morgan fingerprint density at radius 3 is 1.33 bits per heavy atom. The molecule has 0 aromatic heterocycles. The molecule has 0 saturated heterocycles. The molecule has 0 fully saturated rings. The molecule has 0 aliphatic rings. The molecule has 36 heavy (non-hydrogen) atoms. The molecule has 0 saturated carbocycles. The molecular weight excluding hydrogens is 440 g/mol. The van der Waals surface area contributed by atoms with Crippen molar-refractivity contribution in [1.82, 2.24) is 0 Å². The Labute approximate surface area is 216 Å². The Bertz CT molecular complexity index is 1220. The number of rotatable bonds is 12. The topological polar surface area (TPSA) is 18.5 Å². The predicted molar refractivity (Wildman–Crippen MR) is 153 cm³/mol. The number of hydrogen-bond acceptors (Lipinski definition) is 2. The van der Waals surface area contributed by atoms with E-state index in [1.54, 1.807) is 0 Å². The van der Waals surface area contributed by atoms with Crippen molar-refractivity contribution in [2.75, 3.05) is 13.2 Å². The average molecular weight is 479 g/mol. The lowest BCUT2D eigenvalue weighted by molar-refractivity contribution is 0.305. The summed E-state index contributed by atoms with van der Waals surface area (Å²) in [4.78, 5) is 0. The van der Waals surface area contributed by atoms with Gasteiger partial charge in [0.15, 0.2) is 0 Å². The van der Waals surface area contributed by atoms with Crippen LogP contribution in [-0.2, 0) is 0 Å². The third-order valence-electron chi connectivity index (χ3n) is 6.51. The fraction of sp³-hybridized carbons (Fsp3) is 0.353. The van der Waals surface area contributed by atoms with Crippen LogP contribution in [-0.4, -0.2) is 13.2 Å². The van der Waals surface area contributed by atoms with E-state index in [1.807, 2.05) is 0 Å². The van der Waals surface area contributed by atoms with E-state index in [2.05, 4.69) is 98.5 Å². The van der Waals surface area contributed by atoms with Gasteiger partial charge < -0.3 is 9.47 Å². The number of unbranched alkanes of at least 4 members (excludes halogenated alkanes) is 6. The summed E-state index contributed by atoms with van der Waals surface area (Å²) in [5.74, 6) is 8.56. The summed E-state index contributed by atoms with van der Waals surface area (Å²) in [5.41, 5.74) is 2.03. The summed E-state index contributed by atoms with van der Waals surface area (Å²) in [6, 6.07) is 25.4. The van der Waals surface area contributed by atoms with Crippen molar-refractivity contribution in [3.05, 3.63) is 83.9 Å². The third-order valence-corrected chi connectivity index (χ3v) is 6.51. The van der Waals surface area contributed by atoms with Gasteiger partial charge in [0, 0.05) is 11.1 Å². The van der Waals surface area contributed by atoms with Crippen LogP contribution in [0.1, 0.15) is 76.3 Å². The maximum absolute atomic E-state index is 5.94. The van der Waals surface area contributed by atoms with Gasteiger partial charge in [-0.2, -0.15) is 0 Å². The Hall–Kier alpha value is -3.44. The van der Waals surface area contributed by atoms with Gasteiger partial charge in [-0.05, 0) is 82.9 Å². The van der Waals surface area contributed by atoms with Gasteiger partial charge in [0.1, 0.15) is 11.5 Å². The summed E-state index contributed by atoms with van der Waals surface area (Å²) in [7, 11) is 0. The molecule has 0 amide bonds. The van der Waals surface area contributed by atoms with Crippen molar-refractivity contribution >= 4 is 21.5 Å². The van der Waals surface area contributed by atoms with Crippen molar-refractivity contribution in [3.63, 3.8) is 0 Å². The van der Waals surface area contributed by atoms with E-state index in [4.69, 9.17) is 9.47 Å². The van der Waals surface area contributed by atoms with Gasteiger partial charge in [-0.25, -0.2) is 0 Å². The minimum Gasteiger partial charge on any atom is -0.494 e. The van der Waals surface area contributed by atoms with Crippen molar-refractivity contribution in [2.45, 2.75) is 65.2 Å². The largest absolute Gasteiger partial charge is 0.494 e. The van der Waals surface area contributed by atoms with Crippen LogP contribution >= 0.6 is 0 Å². The summed E-state index contributed by atoms with van der Waals surface area (Å²) >= 11 is 0. The monoisotopic (exact) mass is 478 g/mol. The van der Waals surface area contributed by atoms with E-state index in [0.29, 0.717) is 0 Å². The molecule has 4 aromatic carbocycles. The van der Waals surface area contributed by atoms with Gasteiger partial charge in [0.25, 0.3) is 0 Å². The summed E-state index contributed by atoms with van der Waals surface area (Å²) in [6.07, 6.45) is 9.75. The molecular formula is C34H38O2. The second kappa shape index (κ2) is 13.6. The van der Waals surface area contributed by atoms with Crippen LogP contribution in [0.15, 0.2) is 72.8 Å². The molecule has 2 heteroatoms. The van der Waals surface area contributed by atoms with Gasteiger partial charge in [0.05, 0.1) is 13.2 Å². The van der Waals surface area contributed by atoms with Crippen LogP contribution in [0.2, 0.25) is 0 Å². The van der Waals surface area contributed by atoms with Crippen LogP contribution in [0.25, 0.3) is 21.5 Å². The first-order valence-corrected chi connectivity index (χ1v) is 13.6. The second-order valence-electron chi connectivity index (χ2n) is 9.52. The van der Waals surface area contributed by atoms with Crippen LogP contribution < -0.4 is 9.47 Å². The number of fused-ring (bicyclic) bond motifs is 2. The van der Waals surface area contributed by atoms with Gasteiger partial charge in [-0.15, -0.1) is 0 Å². The zero-order valence-electron chi connectivity index (χ0n) is 21.8. The molecule has 0 unspecified atom stereocenters. The second-order valence-corrected chi connectivity index (χ2v) is 9.52. The first-order chi connectivity index (χ1) is 17.7. The van der Waals surface area contributed by atoms with Crippen LogP contribution in [0, 0.1) is 11.8 Å². The molecule has 0 aliphatic carbocycles. The number of ether oxygens (including phenoxy) is 2. The van der Waals surface area contributed by atoms with E-state index < -0.39 is 0 Å². The highest BCUT2D eigenvalue weighted by Gasteiger charge is 2.01. The molecule has 0 radical (unpaired) electrons. The smallest absolute Gasteiger partial charge is 0.119 e. The normalized spacial score (nSPS) is 10.8. The molecule has 0 N–H and O–H groups in total. The molecule has 4 aromatic rings. The summed E-state index contributed by atoms with van der Waals surface area (Å²) < 4.78 is 11.9. The highest BCUT2D eigenvalue weighted by atomic mass is 16.5. The maximum Gasteiger partial charge on any atom is 0.119 e. The minimum absolute atomic E-state index is 0.786. The fourth-order valence-corrected chi connectivity index (χ4v) is 4.36. The van der Waals surface area contributed by atoms with Crippen molar-refractivity contribution in [2.24, 2.45) is 0 Å². The van der Waals surface area contributed by atoms with Crippen LogP contribution in [0.4, 0.5) is 0 Å². The Kier molecular flexibility index (Phi) is 9.69. The standard InChI is InChI=1S/C34H38O2/c1-3-5-7-9-21-35-33-19-17-29-23-27(13-15-31(29)25-33)11-12-28-14-16-32-26-34(20-18-30(32)24-28)36-22-10-8-6-4-2/h13-20,23-26H,3-10,21-22H2,1-2H3. The summed E-state index contributed by atoms with van der Waals surface area (Å²) in [6.45, 7) is 6.03. The van der Waals surface area contributed by atoms with Gasteiger partial charge in [-0.3, -0.25) is 0 Å². The molecule has 0 bridgehead atoms. The quantitative estimate of drug-likeness (QED) is 0.149.